The molecule has 0 amide bonds. The van der Waals surface area contributed by atoms with E-state index in [0.29, 0.717) is 18.2 Å². The van der Waals surface area contributed by atoms with E-state index in [9.17, 15) is 8.42 Å². The molecular weight excluding hydrogens is 330 g/mol. The van der Waals surface area contributed by atoms with Crippen LogP contribution in [0.25, 0.3) is 0 Å². The second-order valence-corrected chi connectivity index (χ2v) is 7.21. The molecule has 1 heterocycles. The van der Waals surface area contributed by atoms with Gasteiger partial charge in [0, 0.05) is 19.7 Å². The van der Waals surface area contributed by atoms with Crippen LogP contribution in [0.4, 0.5) is 0 Å². The number of alkyl halides is 1. The number of rotatable bonds is 5. The topological polar surface area (TPSA) is 50.5 Å². The van der Waals surface area contributed by atoms with Gasteiger partial charge in [0.2, 0.25) is 10.0 Å². The predicted molar refractivity (Wildman–Crippen MR) is 68.5 cm³/mol. The van der Waals surface area contributed by atoms with Crippen molar-refractivity contribution >= 4 is 37.6 Å². The second-order valence-electron chi connectivity index (χ2n) is 4.21. The largest absolute Gasteiger partial charge is 0.452 e. The highest BCUT2D eigenvalue weighted by Crippen LogP contribution is 2.33. The number of halogens is 2. The summed E-state index contributed by atoms with van der Waals surface area (Å²) in [6, 6.07) is 1.47. The number of hydrogen-bond donors (Lipinski definition) is 0. The Hall–Kier alpha value is -0.0400. The van der Waals surface area contributed by atoms with Gasteiger partial charge in [-0.15, -0.1) is 11.6 Å². The molecule has 7 heteroatoms. The molecule has 1 aromatic heterocycles. The van der Waals surface area contributed by atoms with Crippen LogP contribution < -0.4 is 0 Å². The van der Waals surface area contributed by atoms with Crippen LogP contribution in [0.1, 0.15) is 18.6 Å². The zero-order valence-electron chi connectivity index (χ0n) is 9.32. The summed E-state index contributed by atoms with van der Waals surface area (Å²) in [7, 11) is -1.89. The van der Waals surface area contributed by atoms with Crippen LogP contribution in [0.2, 0.25) is 0 Å². The van der Waals surface area contributed by atoms with E-state index < -0.39 is 10.0 Å². The fourth-order valence-electron chi connectivity index (χ4n) is 1.57. The second kappa shape index (κ2) is 4.91. The predicted octanol–water partition coefficient (Wildman–Crippen LogP) is 2.81. The molecule has 96 valence electrons. The van der Waals surface area contributed by atoms with E-state index in [1.807, 2.05) is 0 Å². The van der Waals surface area contributed by atoms with Crippen molar-refractivity contribution in [2.45, 2.75) is 23.6 Å². The Labute approximate surface area is 114 Å². The van der Waals surface area contributed by atoms with Crippen LogP contribution in [0.5, 0.6) is 0 Å². The minimum Gasteiger partial charge on any atom is -0.452 e. The standard InChI is InChI=1S/C10H13BrClNO3S/c1-13(6-7-2-3-7)17(14,15)9-4-8(5-12)16-10(9)11/h4,7H,2-3,5-6H2,1H3. The molecule has 0 bridgehead atoms. The molecule has 0 aliphatic heterocycles. The van der Waals surface area contributed by atoms with E-state index in [4.69, 9.17) is 16.0 Å². The Morgan fingerprint density at radius 2 is 2.24 bits per heavy atom. The van der Waals surface area contributed by atoms with Gasteiger partial charge in [-0.05, 0) is 34.7 Å². The maximum absolute atomic E-state index is 12.2. The molecule has 1 aliphatic rings. The minimum absolute atomic E-state index is 0.149. The monoisotopic (exact) mass is 341 g/mol. The van der Waals surface area contributed by atoms with Crippen molar-refractivity contribution < 1.29 is 12.8 Å². The molecule has 17 heavy (non-hydrogen) atoms. The van der Waals surface area contributed by atoms with Gasteiger partial charge in [0.1, 0.15) is 10.7 Å². The molecule has 1 fully saturated rings. The molecule has 1 aliphatic carbocycles. The molecule has 0 saturated heterocycles. The highest BCUT2D eigenvalue weighted by atomic mass is 79.9. The van der Waals surface area contributed by atoms with Crippen molar-refractivity contribution in [3.63, 3.8) is 0 Å². The average molecular weight is 343 g/mol. The van der Waals surface area contributed by atoms with Gasteiger partial charge in [-0.25, -0.2) is 12.7 Å². The van der Waals surface area contributed by atoms with E-state index in [-0.39, 0.29) is 15.4 Å². The lowest BCUT2D eigenvalue weighted by Gasteiger charge is -2.15. The van der Waals surface area contributed by atoms with Gasteiger partial charge in [0.05, 0.1) is 5.88 Å². The Morgan fingerprint density at radius 1 is 1.59 bits per heavy atom. The SMILES string of the molecule is CN(CC1CC1)S(=O)(=O)c1cc(CCl)oc1Br. The first-order valence-corrected chi connectivity index (χ1v) is 8.02. The van der Waals surface area contributed by atoms with E-state index in [1.54, 1.807) is 7.05 Å². The van der Waals surface area contributed by atoms with Gasteiger partial charge >= 0.3 is 0 Å². The van der Waals surface area contributed by atoms with Crippen molar-refractivity contribution in [3.05, 3.63) is 16.5 Å². The lowest BCUT2D eigenvalue weighted by molar-refractivity contribution is 0.448. The minimum atomic E-state index is -3.48. The van der Waals surface area contributed by atoms with Crippen molar-refractivity contribution in [2.75, 3.05) is 13.6 Å². The van der Waals surface area contributed by atoms with E-state index in [0.717, 1.165) is 12.8 Å². The third-order valence-electron chi connectivity index (χ3n) is 2.74. The first-order valence-electron chi connectivity index (χ1n) is 5.25. The lowest BCUT2D eigenvalue weighted by Crippen LogP contribution is -2.28. The van der Waals surface area contributed by atoms with Crippen LogP contribution in [-0.4, -0.2) is 26.3 Å². The maximum atomic E-state index is 12.2. The Balaban J connectivity index is 2.25. The van der Waals surface area contributed by atoms with Crippen molar-refractivity contribution in [1.82, 2.24) is 4.31 Å². The molecule has 0 unspecified atom stereocenters. The fourth-order valence-corrected chi connectivity index (χ4v) is 3.91. The Bertz CT molecular complexity index is 510. The van der Waals surface area contributed by atoms with Gasteiger partial charge < -0.3 is 4.42 Å². The van der Waals surface area contributed by atoms with Crippen LogP contribution in [-0.2, 0) is 15.9 Å². The van der Waals surface area contributed by atoms with Crippen LogP contribution in [0, 0.1) is 5.92 Å². The lowest BCUT2D eigenvalue weighted by atomic mass is 10.4. The number of sulfonamides is 1. The summed E-state index contributed by atoms with van der Waals surface area (Å²) in [6.07, 6.45) is 2.22. The summed E-state index contributed by atoms with van der Waals surface area (Å²) in [4.78, 5) is 0.149. The molecule has 0 N–H and O–H groups in total. The molecule has 0 atom stereocenters. The van der Waals surface area contributed by atoms with Crippen LogP contribution in [0.3, 0.4) is 0 Å². The van der Waals surface area contributed by atoms with Crippen molar-refractivity contribution in [3.8, 4) is 0 Å². The molecular formula is C10H13BrClNO3S. The molecule has 2 rings (SSSR count). The van der Waals surface area contributed by atoms with Gasteiger partial charge in [0.15, 0.2) is 4.67 Å². The molecule has 0 spiro atoms. The molecule has 1 saturated carbocycles. The molecule has 1 aromatic rings. The zero-order valence-corrected chi connectivity index (χ0v) is 12.5. The van der Waals surface area contributed by atoms with Crippen molar-refractivity contribution in [1.29, 1.82) is 0 Å². The van der Waals surface area contributed by atoms with Gasteiger partial charge in [-0.3, -0.25) is 0 Å². The smallest absolute Gasteiger partial charge is 0.247 e. The van der Waals surface area contributed by atoms with E-state index >= 15 is 0 Å². The molecule has 0 radical (unpaired) electrons. The average Bonchev–Trinajstić information content (AvgIpc) is 2.99. The van der Waals surface area contributed by atoms with Gasteiger partial charge in [0.25, 0.3) is 0 Å². The van der Waals surface area contributed by atoms with Crippen LogP contribution >= 0.6 is 27.5 Å². The Morgan fingerprint density at radius 3 is 2.71 bits per heavy atom. The first kappa shape index (κ1) is 13.4. The summed E-state index contributed by atoms with van der Waals surface area (Å²) in [5, 5.41) is 0. The van der Waals surface area contributed by atoms with E-state index in [1.165, 1.54) is 10.4 Å². The van der Waals surface area contributed by atoms with Gasteiger partial charge in [-0.2, -0.15) is 0 Å². The molecule has 4 nitrogen and oxygen atoms in total. The first-order chi connectivity index (χ1) is 7.95. The Kier molecular flexibility index (Phi) is 3.87. The van der Waals surface area contributed by atoms with Crippen molar-refractivity contribution in [2.24, 2.45) is 5.92 Å². The summed E-state index contributed by atoms with van der Waals surface area (Å²) in [5.41, 5.74) is 0. The third-order valence-corrected chi connectivity index (χ3v) is 5.68. The van der Waals surface area contributed by atoms with Gasteiger partial charge in [-0.1, -0.05) is 0 Å². The number of furan rings is 1. The fraction of sp³-hybridized carbons (Fsp3) is 0.600. The quantitative estimate of drug-likeness (QED) is 0.773. The summed E-state index contributed by atoms with van der Waals surface area (Å²) < 4.78 is 31.3. The summed E-state index contributed by atoms with van der Waals surface area (Å²) in [6.45, 7) is 0.566. The van der Waals surface area contributed by atoms with Crippen LogP contribution in [0.15, 0.2) is 20.0 Å². The third kappa shape index (κ3) is 2.86. The molecule has 0 aromatic carbocycles. The normalized spacial score (nSPS) is 16.7. The summed E-state index contributed by atoms with van der Waals surface area (Å²) in [5.74, 6) is 1.10. The zero-order chi connectivity index (χ0) is 12.6. The summed E-state index contributed by atoms with van der Waals surface area (Å²) >= 11 is 8.73. The maximum Gasteiger partial charge on any atom is 0.247 e. The highest BCUT2D eigenvalue weighted by molar-refractivity contribution is 9.10. The number of hydrogen-bond acceptors (Lipinski definition) is 3. The van der Waals surface area contributed by atoms with E-state index in [2.05, 4.69) is 15.9 Å². The number of nitrogens with zero attached hydrogens (tertiary/aromatic N) is 1. The highest BCUT2D eigenvalue weighted by Gasteiger charge is 2.31.